The lowest BCUT2D eigenvalue weighted by Gasteiger charge is -2.24. The van der Waals surface area contributed by atoms with Crippen LogP contribution in [-0.2, 0) is 27.7 Å². The molecule has 1 amide bonds. The molecule has 0 heterocycles. The number of sulfonamides is 1. The van der Waals surface area contributed by atoms with E-state index in [1.54, 1.807) is 42.6 Å². The molecule has 0 bridgehead atoms. The number of rotatable bonds is 7. The standard InChI is InChI=1S/C28H24ClN3O3S/c1-19-9-15-23(16-10-19)36(34,35)32(26-8-3-2-7-25(26)29)18-27(33)31-30-17-22-14-13-21-12-11-20-5-4-6-24(22)28(20)21/h2-10,13-17H,11-12,18H2,1H3,(H,31,33)/b30-17+. The maximum atomic E-state index is 13.5. The Balaban J connectivity index is 1.40. The normalized spacial score (nSPS) is 12.8. The zero-order chi connectivity index (χ0) is 25.3. The Morgan fingerprint density at radius 3 is 2.44 bits per heavy atom. The van der Waals surface area contributed by atoms with Gasteiger partial charge in [0.15, 0.2) is 0 Å². The minimum Gasteiger partial charge on any atom is -0.271 e. The summed E-state index contributed by atoms with van der Waals surface area (Å²) in [4.78, 5) is 12.9. The average Bonchev–Trinajstić information content (AvgIpc) is 3.29. The van der Waals surface area contributed by atoms with Crippen molar-refractivity contribution in [2.45, 2.75) is 24.7 Å². The van der Waals surface area contributed by atoms with Crippen LogP contribution < -0.4 is 9.73 Å². The highest BCUT2D eigenvalue weighted by Crippen LogP contribution is 2.32. The summed E-state index contributed by atoms with van der Waals surface area (Å²) in [5.74, 6) is -0.590. The van der Waals surface area contributed by atoms with Gasteiger partial charge in [0.05, 0.1) is 21.8 Å². The lowest BCUT2D eigenvalue weighted by molar-refractivity contribution is -0.119. The molecule has 0 unspecified atom stereocenters. The number of para-hydroxylation sites is 1. The number of benzene rings is 4. The summed E-state index contributed by atoms with van der Waals surface area (Å²) < 4.78 is 28.0. The number of hydrogen-bond acceptors (Lipinski definition) is 4. The number of nitrogens with one attached hydrogen (secondary N) is 1. The summed E-state index contributed by atoms with van der Waals surface area (Å²) in [6.45, 7) is 1.39. The Kier molecular flexibility index (Phi) is 6.51. The Morgan fingerprint density at radius 2 is 1.69 bits per heavy atom. The molecule has 8 heteroatoms. The molecule has 0 fully saturated rings. The molecule has 1 aliphatic carbocycles. The van der Waals surface area contributed by atoms with Gasteiger partial charge in [-0.3, -0.25) is 9.10 Å². The molecule has 182 valence electrons. The molecule has 0 radical (unpaired) electrons. The molecule has 0 aromatic heterocycles. The van der Waals surface area contributed by atoms with E-state index in [2.05, 4.69) is 22.7 Å². The maximum Gasteiger partial charge on any atom is 0.264 e. The van der Waals surface area contributed by atoms with E-state index in [9.17, 15) is 13.2 Å². The number of hydrogen-bond donors (Lipinski definition) is 1. The van der Waals surface area contributed by atoms with Gasteiger partial charge in [-0.1, -0.05) is 71.8 Å². The van der Waals surface area contributed by atoms with E-state index in [-0.39, 0.29) is 15.6 Å². The van der Waals surface area contributed by atoms with Crippen LogP contribution in [0.3, 0.4) is 0 Å². The summed E-state index contributed by atoms with van der Waals surface area (Å²) in [6.07, 6.45) is 3.64. The smallest absolute Gasteiger partial charge is 0.264 e. The van der Waals surface area contributed by atoms with Crippen LogP contribution in [0.5, 0.6) is 0 Å². The van der Waals surface area contributed by atoms with E-state index in [1.807, 2.05) is 25.1 Å². The van der Waals surface area contributed by atoms with Crippen molar-refractivity contribution in [3.8, 4) is 0 Å². The van der Waals surface area contributed by atoms with Crippen LogP contribution >= 0.6 is 11.6 Å². The van der Waals surface area contributed by atoms with Gasteiger partial charge in [-0.2, -0.15) is 5.10 Å². The van der Waals surface area contributed by atoms with Crippen molar-refractivity contribution >= 4 is 50.2 Å². The van der Waals surface area contributed by atoms with E-state index in [0.29, 0.717) is 0 Å². The molecule has 0 spiro atoms. The summed E-state index contributed by atoms with van der Waals surface area (Å²) in [5.41, 5.74) is 7.13. The largest absolute Gasteiger partial charge is 0.271 e. The second-order valence-electron chi connectivity index (χ2n) is 8.72. The minimum absolute atomic E-state index is 0.0669. The van der Waals surface area contributed by atoms with Gasteiger partial charge in [0, 0.05) is 5.56 Å². The second-order valence-corrected chi connectivity index (χ2v) is 11.0. The van der Waals surface area contributed by atoms with Crippen molar-refractivity contribution in [2.75, 3.05) is 10.8 Å². The number of halogens is 1. The molecule has 6 nitrogen and oxygen atoms in total. The lowest BCUT2D eigenvalue weighted by atomic mass is 10.0. The first-order valence-corrected chi connectivity index (χ1v) is 13.4. The van der Waals surface area contributed by atoms with Crippen molar-refractivity contribution in [1.29, 1.82) is 0 Å². The Morgan fingerprint density at radius 1 is 0.972 bits per heavy atom. The first-order valence-electron chi connectivity index (χ1n) is 11.5. The molecule has 0 saturated heterocycles. The van der Waals surface area contributed by atoms with Crippen LogP contribution in [0, 0.1) is 6.92 Å². The number of carbonyl (C=O) groups excluding carboxylic acids is 1. The molecule has 36 heavy (non-hydrogen) atoms. The maximum absolute atomic E-state index is 13.5. The number of nitrogens with zero attached hydrogens (tertiary/aromatic N) is 2. The number of hydrazone groups is 1. The van der Waals surface area contributed by atoms with E-state index in [0.717, 1.165) is 33.7 Å². The van der Waals surface area contributed by atoms with Crippen molar-refractivity contribution < 1.29 is 13.2 Å². The van der Waals surface area contributed by atoms with Gasteiger partial charge in [-0.15, -0.1) is 0 Å². The molecule has 4 aromatic rings. The number of anilines is 1. The molecule has 0 saturated carbocycles. The first kappa shape index (κ1) is 24.0. The van der Waals surface area contributed by atoms with Crippen LogP contribution in [0.1, 0.15) is 22.3 Å². The van der Waals surface area contributed by atoms with E-state index >= 15 is 0 Å². The van der Waals surface area contributed by atoms with E-state index < -0.39 is 22.5 Å². The average molecular weight is 518 g/mol. The molecule has 0 aliphatic heterocycles. The molecule has 1 N–H and O–H groups in total. The molecular formula is C28H24ClN3O3S. The predicted octanol–water partition coefficient (Wildman–Crippen LogP) is 5.25. The fourth-order valence-corrected chi connectivity index (χ4v) is 6.24. The fraction of sp³-hybridized carbons (Fsp3) is 0.143. The summed E-state index contributed by atoms with van der Waals surface area (Å²) in [7, 11) is -4.06. The third-order valence-electron chi connectivity index (χ3n) is 6.32. The van der Waals surface area contributed by atoms with Crippen LogP contribution in [0.4, 0.5) is 5.69 Å². The highest BCUT2D eigenvalue weighted by Gasteiger charge is 2.28. The quantitative estimate of drug-likeness (QED) is 0.269. The van der Waals surface area contributed by atoms with Gasteiger partial charge < -0.3 is 0 Å². The first-order chi connectivity index (χ1) is 17.3. The highest BCUT2D eigenvalue weighted by atomic mass is 35.5. The van der Waals surface area contributed by atoms with Crippen LogP contribution in [-0.4, -0.2) is 27.1 Å². The second kappa shape index (κ2) is 9.76. The summed E-state index contributed by atoms with van der Waals surface area (Å²) in [5, 5.41) is 6.68. The van der Waals surface area contributed by atoms with E-state index in [4.69, 9.17) is 11.6 Å². The third-order valence-corrected chi connectivity index (χ3v) is 8.41. The zero-order valence-corrected chi connectivity index (χ0v) is 21.2. The number of carbonyl (C=O) groups is 1. The minimum atomic E-state index is -4.06. The molecule has 5 rings (SSSR count). The Bertz CT molecular complexity index is 1590. The van der Waals surface area contributed by atoms with Gasteiger partial charge in [-0.05, 0) is 65.9 Å². The fourth-order valence-electron chi connectivity index (χ4n) is 4.51. The van der Waals surface area contributed by atoms with Crippen molar-refractivity contribution in [1.82, 2.24) is 5.43 Å². The SMILES string of the molecule is Cc1ccc(S(=O)(=O)N(CC(=O)N/N=C/c2ccc3c4c(cccc24)CC3)c2ccccc2Cl)cc1. The molecule has 4 aromatic carbocycles. The highest BCUT2D eigenvalue weighted by molar-refractivity contribution is 7.92. The molecule has 1 aliphatic rings. The van der Waals surface area contributed by atoms with Gasteiger partial charge in [0.1, 0.15) is 6.54 Å². The van der Waals surface area contributed by atoms with Crippen LogP contribution in [0.25, 0.3) is 10.8 Å². The molecular weight excluding hydrogens is 494 g/mol. The molecule has 0 atom stereocenters. The van der Waals surface area contributed by atoms with Gasteiger partial charge in [-0.25, -0.2) is 13.8 Å². The summed E-state index contributed by atoms with van der Waals surface area (Å²) in [6, 6.07) is 23.3. The van der Waals surface area contributed by atoms with Gasteiger partial charge in [0.25, 0.3) is 15.9 Å². The van der Waals surface area contributed by atoms with Crippen molar-refractivity contribution in [3.63, 3.8) is 0 Å². The van der Waals surface area contributed by atoms with Crippen molar-refractivity contribution in [3.05, 3.63) is 106 Å². The van der Waals surface area contributed by atoms with Gasteiger partial charge >= 0.3 is 0 Å². The topological polar surface area (TPSA) is 78.8 Å². The monoisotopic (exact) mass is 517 g/mol. The summed E-state index contributed by atoms with van der Waals surface area (Å²) >= 11 is 6.32. The lowest BCUT2D eigenvalue weighted by Crippen LogP contribution is -2.39. The Hall–Kier alpha value is -3.68. The Labute approximate surface area is 215 Å². The third kappa shape index (κ3) is 4.59. The predicted molar refractivity (Wildman–Crippen MR) is 144 cm³/mol. The number of amides is 1. The zero-order valence-electron chi connectivity index (χ0n) is 19.6. The van der Waals surface area contributed by atoms with Crippen LogP contribution in [0.15, 0.2) is 88.9 Å². The van der Waals surface area contributed by atoms with Crippen molar-refractivity contribution in [2.24, 2.45) is 5.10 Å². The van der Waals surface area contributed by atoms with Crippen LogP contribution in [0.2, 0.25) is 5.02 Å². The van der Waals surface area contributed by atoms with Gasteiger partial charge in [0.2, 0.25) is 0 Å². The van der Waals surface area contributed by atoms with E-state index in [1.165, 1.54) is 28.6 Å². The number of aryl methyl sites for hydroxylation is 3.